The molecule has 1 atom stereocenters. The number of ether oxygens (including phenoxy) is 4. The Hall–Kier alpha value is -2.73. The number of hydrogen-bond donors (Lipinski definition) is 1. The van der Waals surface area contributed by atoms with Gasteiger partial charge in [0.05, 0.1) is 41.0 Å². The van der Waals surface area contributed by atoms with Gasteiger partial charge in [-0.1, -0.05) is 37.3 Å². The van der Waals surface area contributed by atoms with Crippen molar-refractivity contribution in [3.8, 4) is 17.2 Å². The van der Waals surface area contributed by atoms with Crippen LogP contribution in [0.25, 0.3) is 0 Å². The summed E-state index contributed by atoms with van der Waals surface area (Å²) in [6.45, 7) is 2.36. The van der Waals surface area contributed by atoms with Crippen LogP contribution in [-0.4, -0.2) is 48.0 Å². The lowest BCUT2D eigenvalue weighted by atomic mass is 9.87. The maximum atomic E-state index is 12.8. The Kier molecular flexibility index (Phi) is 7.29. The molecule has 0 fully saturated rings. The molecule has 0 aliphatic carbocycles. The Morgan fingerprint density at radius 2 is 1.54 bits per heavy atom. The van der Waals surface area contributed by atoms with Crippen LogP contribution in [0.1, 0.15) is 29.3 Å². The highest BCUT2D eigenvalue weighted by Crippen LogP contribution is 2.38. The molecule has 0 aliphatic rings. The Balaban J connectivity index is 2.31. The van der Waals surface area contributed by atoms with E-state index in [0.29, 0.717) is 22.8 Å². The van der Waals surface area contributed by atoms with Crippen molar-refractivity contribution in [1.82, 2.24) is 0 Å². The van der Waals surface area contributed by atoms with Gasteiger partial charge in [-0.2, -0.15) is 0 Å². The minimum Gasteiger partial charge on any atom is -0.493 e. The first-order valence-corrected chi connectivity index (χ1v) is 9.26. The largest absolute Gasteiger partial charge is 0.493 e. The molecule has 0 aliphatic heterocycles. The lowest BCUT2D eigenvalue weighted by molar-refractivity contribution is -0.925. The fourth-order valence-corrected chi connectivity index (χ4v) is 3.40. The van der Waals surface area contributed by atoms with E-state index in [1.165, 1.54) is 26.2 Å². The second-order valence-electron chi connectivity index (χ2n) is 6.79. The summed E-state index contributed by atoms with van der Waals surface area (Å²) in [5.74, 6) is 0.828. The standard InChI is InChI=1S/C22H29NO5/c1-7-22(23(2)3,17-11-9-8-10-12-17)15-28-21(24)16-13-18(25-4)20(27-6)19(14-16)26-5/h8-14H,7,15H2,1-6H3/p+1/t22-/m1/s1. The third-order valence-corrected chi connectivity index (χ3v) is 5.24. The minimum absolute atomic E-state index is 0.255. The van der Waals surface area contributed by atoms with Crippen molar-refractivity contribution in [3.63, 3.8) is 0 Å². The van der Waals surface area contributed by atoms with Crippen molar-refractivity contribution < 1.29 is 28.6 Å². The number of hydrogen-bond acceptors (Lipinski definition) is 5. The number of carbonyl (C=O) groups excluding carboxylic acids is 1. The lowest BCUT2D eigenvalue weighted by Crippen LogP contribution is -3.14. The van der Waals surface area contributed by atoms with Crippen molar-refractivity contribution in [3.05, 3.63) is 53.6 Å². The van der Waals surface area contributed by atoms with Crippen molar-refractivity contribution in [2.24, 2.45) is 0 Å². The van der Waals surface area contributed by atoms with Gasteiger partial charge < -0.3 is 23.8 Å². The highest BCUT2D eigenvalue weighted by molar-refractivity contribution is 5.91. The molecule has 2 rings (SSSR count). The van der Waals surface area contributed by atoms with Crippen LogP contribution in [0, 0.1) is 0 Å². The van der Waals surface area contributed by atoms with E-state index in [1.54, 1.807) is 12.1 Å². The zero-order chi connectivity index (χ0) is 20.7. The van der Waals surface area contributed by atoms with E-state index >= 15 is 0 Å². The Morgan fingerprint density at radius 1 is 0.964 bits per heavy atom. The molecule has 0 unspecified atom stereocenters. The number of benzene rings is 2. The molecule has 2 aromatic carbocycles. The van der Waals surface area contributed by atoms with Crippen LogP contribution in [0.4, 0.5) is 0 Å². The van der Waals surface area contributed by atoms with Gasteiger partial charge in [-0.3, -0.25) is 0 Å². The van der Waals surface area contributed by atoms with Gasteiger partial charge in [-0.25, -0.2) is 4.79 Å². The van der Waals surface area contributed by atoms with E-state index < -0.39 is 5.97 Å². The van der Waals surface area contributed by atoms with Crippen LogP contribution >= 0.6 is 0 Å². The number of likely N-dealkylation sites (N-methyl/N-ethyl adjacent to an activating group) is 1. The molecular weight excluding hydrogens is 358 g/mol. The van der Waals surface area contributed by atoms with Crippen LogP contribution in [0.5, 0.6) is 17.2 Å². The topological polar surface area (TPSA) is 58.4 Å². The van der Waals surface area contributed by atoms with Crippen molar-refractivity contribution in [1.29, 1.82) is 0 Å². The number of carbonyl (C=O) groups is 1. The molecule has 2 aromatic rings. The highest BCUT2D eigenvalue weighted by Gasteiger charge is 2.38. The Morgan fingerprint density at radius 3 is 1.96 bits per heavy atom. The maximum Gasteiger partial charge on any atom is 0.338 e. The van der Waals surface area contributed by atoms with Gasteiger partial charge in [0.15, 0.2) is 23.6 Å². The van der Waals surface area contributed by atoms with Gasteiger partial charge in [0.2, 0.25) is 5.75 Å². The van der Waals surface area contributed by atoms with Gasteiger partial charge in [0.1, 0.15) is 0 Å². The molecule has 0 saturated carbocycles. The van der Waals surface area contributed by atoms with Crippen LogP contribution in [0.3, 0.4) is 0 Å². The highest BCUT2D eigenvalue weighted by atomic mass is 16.5. The van der Waals surface area contributed by atoms with E-state index in [4.69, 9.17) is 18.9 Å². The average molecular weight is 388 g/mol. The van der Waals surface area contributed by atoms with E-state index in [9.17, 15) is 4.79 Å². The number of methoxy groups -OCH3 is 3. The first kappa shape index (κ1) is 21.6. The van der Waals surface area contributed by atoms with Crippen LogP contribution in [0.2, 0.25) is 0 Å². The molecular formula is C22H30NO5+. The second-order valence-corrected chi connectivity index (χ2v) is 6.79. The van der Waals surface area contributed by atoms with E-state index in [0.717, 1.165) is 12.0 Å². The smallest absolute Gasteiger partial charge is 0.338 e. The molecule has 0 heterocycles. The number of rotatable bonds is 9. The summed E-state index contributed by atoms with van der Waals surface area (Å²) in [6.07, 6.45) is 0.821. The molecule has 6 nitrogen and oxygen atoms in total. The zero-order valence-corrected chi connectivity index (χ0v) is 17.5. The average Bonchev–Trinajstić information content (AvgIpc) is 2.73. The summed E-state index contributed by atoms with van der Waals surface area (Å²) < 4.78 is 21.7. The van der Waals surface area contributed by atoms with Crippen LogP contribution in [-0.2, 0) is 10.3 Å². The maximum absolute atomic E-state index is 12.8. The second kappa shape index (κ2) is 9.46. The predicted octanol–water partition coefficient (Wildman–Crippen LogP) is 2.32. The summed E-state index contributed by atoms with van der Waals surface area (Å²) in [7, 11) is 8.69. The fraction of sp³-hybridized carbons (Fsp3) is 0.409. The molecule has 0 amide bonds. The summed E-state index contributed by atoms with van der Waals surface area (Å²) in [5, 5.41) is 0. The molecule has 28 heavy (non-hydrogen) atoms. The van der Waals surface area contributed by atoms with Crippen molar-refractivity contribution in [2.75, 3.05) is 42.0 Å². The molecule has 1 N–H and O–H groups in total. The van der Waals surface area contributed by atoms with Gasteiger partial charge >= 0.3 is 5.97 Å². The summed E-state index contributed by atoms with van der Waals surface area (Å²) in [4.78, 5) is 14.0. The van der Waals surface area contributed by atoms with Crippen molar-refractivity contribution in [2.45, 2.75) is 18.9 Å². The SMILES string of the molecule is CC[C@@](COC(=O)c1cc(OC)c(OC)c(OC)c1)(c1ccccc1)[NH+](C)C. The molecule has 0 aromatic heterocycles. The van der Waals surface area contributed by atoms with Gasteiger partial charge in [0.25, 0.3) is 0 Å². The van der Waals surface area contributed by atoms with E-state index in [1.807, 2.05) is 18.2 Å². The summed E-state index contributed by atoms with van der Waals surface area (Å²) in [6, 6.07) is 13.3. The normalized spacial score (nSPS) is 13.0. The number of quaternary nitrogens is 1. The number of esters is 1. The minimum atomic E-state index is -0.436. The predicted molar refractivity (Wildman–Crippen MR) is 108 cm³/mol. The van der Waals surface area contributed by atoms with Crippen LogP contribution in [0.15, 0.2) is 42.5 Å². The van der Waals surface area contributed by atoms with E-state index in [-0.39, 0.29) is 12.1 Å². The first-order chi connectivity index (χ1) is 13.4. The monoisotopic (exact) mass is 388 g/mol. The fourth-order valence-electron chi connectivity index (χ4n) is 3.40. The van der Waals surface area contributed by atoms with Gasteiger partial charge in [-0.05, 0) is 12.1 Å². The van der Waals surface area contributed by atoms with Gasteiger partial charge in [0, 0.05) is 12.0 Å². The Labute approximate surface area is 167 Å². The molecule has 0 spiro atoms. The molecule has 0 radical (unpaired) electrons. The molecule has 6 heteroatoms. The van der Waals surface area contributed by atoms with E-state index in [2.05, 4.69) is 33.2 Å². The van der Waals surface area contributed by atoms with Crippen molar-refractivity contribution >= 4 is 5.97 Å². The third-order valence-electron chi connectivity index (χ3n) is 5.24. The zero-order valence-electron chi connectivity index (χ0n) is 17.5. The summed E-state index contributed by atoms with van der Waals surface area (Å²) in [5.41, 5.74) is 1.15. The molecule has 0 bridgehead atoms. The van der Waals surface area contributed by atoms with Gasteiger partial charge in [-0.15, -0.1) is 0 Å². The summed E-state index contributed by atoms with van der Waals surface area (Å²) >= 11 is 0. The lowest BCUT2D eigenvalue weighted by Gasteiger charge is -2.35. The molecule has 152 valence electrons. The first-order valence-electron chi connectivity index (χ1n) is 9.26. The quantitative estimate of drug-likeness (QED) is 0.668. The third kappa shape index (κ3) is 4.22. The molecule has 0 saturated heterocycles. The number of nitrogens with one attached hydrogen (secondary N) is 1. The van der Waals surface area contributed by atoms with Crippen LogP contribution < -0.4 is 19.1 Å². The Bertz CT molecular complexity index is 766.